The van der Waals surface area contributed by atoms with E-state index in [2.05, 4.69) is 20.6 Å². The van der Waals surface area contributed by atoms with Gasteiger partial charge in [0.1, 0.15) is 5.52 Å². The van der Waals surface area contributed by atoms with Gasteiger partial charge in [-0.25, -0.2) is 9.97 Å². The van der Waals surface area contributed by atoms with E-state index >= 15 is 0 Å². The van der Waals surface area contributed by atoms with Crippen LogP contribution in [0.4, 0.5) is 0 Å². The van der Waals surface area contributed by atoms with E-state index < -0.39 is 0 Å². The molecule has 1 aliphatic heterocycles. The molecule has 1 saturated heterocycles. The van der Waals surface area contributed by atoms with Gasteiger partial charge >= 0.3 is 0 Å². The monoisotopic (exact) mass is 411 g/mol. The number of ether oxygens (including phenoxy) is 3. The van der Waals surface area contributed by atoms with Crippen LogP contribution in [0.5, 0.6) is 17.2 Å². The van der Waals surface area contributed by atoms with Crippen molar-refractivity contribution in [3.63, 3.8) is 0 Å². The summed E-state index contributed by atoms with van der Waals surface area (Å²) in [4.78, 5) is 24.9. The highest BCUT2D eigenvalue weighted by atomic mass is 16.5. The topological polar surface area (TPSA) is 110 Å². The second kappa shape index (κ2) is 8.58. The van der Waals surface area contributed by atoms with Gasteiger partial charge in [-0.3, -0.25) is 4.79 Å². The largest absolute Gasteiger partial charge is 0.493 e. The lowest BCUT2D eigenvalue weighted by Gasteiger charge is -2.14. The molecule has 1 aliphatic rings. The highest BCUT2D eigenvalue weighted by molar-refractivity contribution is 6.04. The highest BCUT2D eigenvalue weighted by Gasteiger charge is 2.20. The van der Waals surface area contributed by atoms with Crippen molar-refractivity contribution in [2.75, 3.05) is 34.4 Å². The van der Waals surface area contributed by atoms with Crippen LogP contribution >= 0.6 is 0 Å². The van der Waals surface area contributed by atoms with E-state index in [-0.39, 0.29) is 5.91 Å². The van der Waals surface area contributed by atoms with Crippen LogP contribution in [0, 0.1) is 0 Å². The molecule has 9 heteroatoms. The molecule has 4 rings (SSSR count). The number of nitrogens with one attached hydrogen (secondary N) is 3. The van der Waals surface area contributed by atoms with Crippen molar-refractivity contribution < 1.29 is 19.0 Å². The minimum Gasteiger partial charge on any atom is -0.493 e. The van der Waals surface area contributed by atoms with Crippen molar-refractivity contribution in [3.05, 3.63) is 30.1 Å². The fourth-order valence-corrected chi connectivity index (χ4v) is 3.67. The molecule has 3 heterocycles. The average Bonchev–Trinajstić information content (AvgIpc) is 3.45. The first-order valence-corrected chi connectivity index (χ1v) is 9.80. The summed E-state index contributed by atoms with van der Waals surface area (Å²) in [5, 5.41) is 6.36. The Morgan fingerprint density at radius 1 is 1.20 bits per heavy atom. The summed E-state index contributed by atoms with van der Waals surface area (Å²) in [6.45, 7) is 1.59. The molecule has 9 nitrogen and oxygen atoms in total. The Labute approximate surface area is 174 Å². The summed E-state index contributed by atoms with van der Waals surface area (Å²) >= 11 is 0. The fourth-order valence-electron chi connectivity index (χ4n) is 3.67. The summed E-state index contributed by atoms with van der Waals surface area (Å²) < 4.78 is 16.2. The van der Waals surface area contributed by atoms with E-state index in [0.717, 1.165) is 24.9 Å². The van der Waals surface area contributed by atoms with Gasteiger partial charge in [0.15, 0.2) is 17.1 Å². The predicted molar refractivity (Wildman–Crippen MR) is 112 cm³/mol. The Bertz CT molecular complexity index is 1030. The van der Waals surface area contributed by atoms with E-state index in [4.69, 9.17) is 19.2 Å². The first-order valence-electron chi connectivity index (χ1n) is 9.80. The number of carbonyl (C=O) groups is 1. The van der Waals surface area contributed by atoms with Gasteiger partial charge in [-0.15, -0.1) is 0 Å². The first-order chi connectivity index (χ1) is 14.6. The molecule has 0 radical (unpaired) electrons. The normalized spacial score (nSPS) is 15.9. The minimum atomic E-state index is -0.175. The van der Waals surface area contributed by atoms with E-state index in [1.807, 2.05) is 0 Å². The van der Waals surface area contributed by atoms with Gasteiger partial charge in [-0.2, -0.15) is 0 Å². The SMILES string of the molecule is COc1cc(-c2cnc3[nH]cc(C(=O)NCC4CCCN4)c3n2)cc(OC)c1OC. The lowest BCUT2D eigenvalue weighted by atomic mass is 10.1. The molecule has 3 aromatic rings. The van der Waals surface area contributed by atoms with E-state index in [0.29, 0.717) is 52.3 Å². The van der Waals surface area contributed by atoms with Crippen molar-refractivity contribution in [2.45, 2.75) is 18.9 Å². The Kier molecular flexibility index (Phi) is 5.71. The lowest BCUT2D eigenvalue weighted by Crippen LogP contribution is -2.37. The number of fused-ring (bicyclic) bond motifs is 1. The molecule has 0 spiro atoms. The van der Waals surface area contributed by atoms with Gasteiger partial charge in [0.05, 0.1) is 38.8 Å². The number of hydrogen-bond donors (Lipinski definition) is 3. The van der Waals surface area contributed by atoms with Crippen molar-refractivity contribution in [1.82, 2.24) is 25.6 Å². The molecule has 2 aromatic heterocycles. The summed E-state index contributed by atoms with van der Waals surface area (Å²) in [5.41, 5.74) is 2.85. The quantitative estimate of drug-likeness (QED) is 0.546. The minimum absolute atomic E-state index is 0.175. The fraction of sp³-hybridized carbons (Fsp3) is 0.381. The van der Waals surface area contributed by atoms with Gasteiger partial charge in [-0.1, -0.05) is 0 Å². The summed E-state index contributed by atoms with van der Waals surface area (Å²) in [7, 11) is 4.67. The third-order valence-electron chi connectivity index (χ3n) is 5.26. The number of rotatable bonds is 7. The van der Waals surface area contributed by atoms with E-state index in [1.54, 1.807) is 45.9 Å². The Morgan fingerprint density at radius 3 is 2.60 bits per heavy atom. The lowest BCUT2D eigenvalue weighted by molar-refractivity contribution is 0.0952. The molecule has 0 aliphatic carbocycles. The van der Waals surface area contributed by atoms with Crippen LogP contribution in [0.15, 0.2) is 24.5 Å². The van der Waals surface area contributed by atoms with Crippen LogP contribution in [-0.4, -0.2) is 61.3 Å². The maximum atomic E-state index is 12.7. The number of aromatic nitrogens is 3. The second-order valence-electron chi connectivity index (χ2n) is 7.07. The van der Waals surface area contributed by atoms with Gasteiger partial charge in [0.2, 0.25) is 5.75 Å². The molecule has 1 atom stereocenters. The third kappa shape index (κ3) is 3.76. The standard InChI is InChI=1S/C21H25N5O4/c1-28-16-7-12(8-17(29-2)19(16)30-3)15-11-24-20-18(26-15)14(10-23-20)21(27)25-9-13-5-4-6-22-13/h7-8,10-11,13,22H,4-6,9H2,1-3H3,(H,23,24)(H,25,27). The van der Waals surface area contributed by atoms with Crippen LogP contribution in [-0.2, 0) is 0 Å². The zero-order valence-corrected chi connectivity index (χ0v) is 17.2. The van der Waals surface area contributed by atoms with Crippen LogP contribution < -0.4 is 24.8 Å². The summed E-state index contributed by atoms with van der Waals surface area (Å²) in [5.74, 6) is 1.36. The number of aromatic amines is 1. The number of carbonyl (C=O) groups excluding carboxylic acids is 1. The summed E-state index contributed by atoms with van der Waals surface area (Å²) in [6, 6.07) is 3.92. The maximum absolute atomic E-state index is 12.7. The van der Waals surface area contributed by atoms with E-state index in [1.165, 1.54) is 0 Å². The van der Waals surface area contributed by atoms with Crippen molar-refractivity contribution in [1.29, 1.82) is 0 Å². The molecule has 0 bridgehead atoms. The van der Waals surface area contributed by atoms with Crippen LogP contribution in [0.25, 0.3) is 22.4 Å². The molecule has 1 unspecified atom stereocenters. The molecule has 30 heavy (non-hydrogen) atoms. The summed E-state index contributed by atoms with van der Waals surface area (Å²) in [6.07, 6.45) is 5.49. The predicted octanol–water partition coefficient (Wildman–Crippen LogP) is 2.13. The van der Waals surface area contributed by atoms with Crippen molar-refractivity contribution >= 4 is 17.1 Å². The molecule has 158 valence electrons. The van der Waals surface area contributed by atoms with Gasteiger partial charge < -0.3 is 29.8 Å². The number of methoxy groups -OCH3 is 3. The van der Waals surface area contributed by atoms with Crippen molar-refractivity contribution in [3.8, 4) is 28.5 Å². The molecule has 1 fully saturated rings. The molecular formula is C21H25N5O4. The zero-order valence-electron chi connectivity index (χ0n) is 17.2. The van der Waals surface area contributed by atoms with Gasteiger partial charge in [0, 0.05) is 24.3 Å². The highest BCUT2D eigenvalue weighted by Crippen LogP contribution is 2.40. The number of hydrogen-bond acceptors (Lipinski definition) is 7. The van der Waals surface area contributed by atoms with E-state index in [9.17, 15) is 4.79 Å². The molecule has 1 aromatic carbocycles. The molecule has 3 N–H and O–H groups in total. The van der Waals surface area contributed by atoms with Crippen LogP contribution in [0.2, 0.25) is 0 Å². The number of H-pyrrole nitrogens is 1. The average molecular weight is 411 g/mol. The van der Waals surface area contributed by atoms with Gasteiger partial charge in [-0.05, 0) is 31.5 Å². The Morgan fingerprint density at radius 2 is 1.97 bits per heavy atom. The zero-order chi connectivity index (χ0) is 21.1. The van der Waals surface area contributed by atoms with Gasteiger partial charge in [0.25, 0.3) is 5.91 Å². The number of amides is 1. The molecule has 1 amide bonds. The number of nitrogens with zero attached hydrogens (tertiary/aromatic N) is 2. The molecule has 0 saturated carbocycles. The Hall–Kier alpha value is -3.33. The first kappa shape index (κ1) is 20.0. The third-order valence-corrected chi connectivity index (χ3v) is 5.26. The molecular weight excluding hydrogens is 386 g/mol. The maximum Gasteiger partial charge on any atom is 0.255 e. The smallest absolute Gasteiger partial charge is 0.255 e. The van der Waals surface area contributed by atoms with Crippen molar-refractivity contribution in [2.24, 2.45) is 0 Å². The second-order valence-corrected chi connectivity index (χ2v) is 7.07. The van der Waals surface area contributed by atoms with Crippen LogP contribution in [0.1, 0.15) is 23.2 Å². The number of benzene rings is 1. The Balaban J connectivity index is 1.66. The van der Waals surface area contributed by atoms with Crippen LogP contribution in [0.3, 0.4) is 0 Å².